The lowest BCUT2D eigenvalue weighted by Gasteiger charge is -2.23. The van der Waals surface area contributed by atoms with Gasteiger partial charge in [-0.3, -0.25) is 4.79 Å². The molecule has 4 nitrogen and oxygen atoms in total. The average molecular weight is 366 g/mol. The summed E-state index contributed by atoms with van der Waals surface area (Å²) in [6, 6.07) is 2.14. The third-order valence-corrected chi connectivity index (χ3v) is 3.81. The number of carboxylic acid groups (broad SMARTS) is 1. The van der Waals surface area contributed by atoms with E-state index in [1.165, 1.54) is 6.07 Å². The Balaban J connectivity index is 2.42. The van der Waals surface area contributed by atoms with Gasteiger partial charge in [0, 0.05) is 11.0 Å². The summed E-state index contributed by atoms with van der Waals surface area (Å²) in [4.78, 5) is 24.3. The molecule has 1 aromatic rings. The Hall–Kier alpha value is -1.57. The van der Waals surface area contributed by atoms with Gasteiger partial charge in [-0.15, -0.1) is 0 Å². The van der Waals surface area contributed by atoms with Gasteiger partial charge in [-0.25, -0.2) is 4.79 Å². The highest BCUT2D eigenvalue weighted by atomic mass is 79.9. The lowest BCUT2D eigenvalue weighted by molar-refractivity contribution is -0.141. The van der Waals surface area contributed by atoms with E-state index in [4.69, 9.17) is 5.11 Å². The Labute approximate surface area is 126 Å². The highest BCUT2D eigenvalue weighted by Crippen LogP contribution is 2.35. The van der Waals surface area contributed by atoms with E-state index in [-0.39, 0.29) is 17.4 Å². The van der Waals surface area contributed by atoms with Crippen molar-refractivity contribution in [1.82, 2.24) is 4.90 Å². The minimum absolute atomic E-state index is 0.142. The quantitative estimate of drug-likeness (QED) is 0.875. The normalized spacial score (nSPS) is 18.9. The van der Waals surface area contributed by atoms with Gasteiger partial charge in [-0.05, 0) is 31.0 Å². The van der Waals surface area contributed by atoms with Crippen LogP contribution in [0.1, 0.15) is 28.8 Å². The van der Waals surface area contributed by atoms with Crippen LogP contribution in [0.15, 0.2) is 22.7 Å². The fraction of sp³-hybridized carbons (Fsp3) is 0.385. The number of aliphatic carboxylic acids is 1. The third kappa shape index (κ3) is 3.20. The molecule has 1 atom stereocenters. The fourth-order valence-electron chi connectivity index (χ4n) is 2.36. The lowest BCUT2D eigenvalue weighted by atomic mass is 10.1. The van der Waals surface area contributed by atoms with Crippen LogP contribution < -0.4 is 0 Å². The van der Waals surface area contributed by atoms with Crippen LogP contribution in [0.2, 0.25) is 0 Å². The van der Waals surface area contributed by atoms with Crippen LogP contribution in [0, 0.1) is 0 Å². The number of halogens is 4. The summed E-state index contributed by atoms with van der Waals surface area (Å²) >= 11 is 2.94. The predicted octanol–water partition coefficient (Wildman–Crippen LogP) is 3.16. The molecule has 2 rings (SSSR count). The molecule has 1 aliphatic rings. The van der Waals surface area contributed by atoms with Crippen molar-refractivity contribution >= 4 is 27.8 Å². The fourth-order valence-corrected chi connectivity index (χ4v) is 2.72. The molecule has 1 amide bonds. The molecule has 8 heteroatoms. The number of alkyl halides is 3. The maximum atomic E-state index is 13.0. The first-order chi connectivity index (χ1) is 9.71. The molecule has 1 saturated heterocycles. The zero-order valence-corrected chi connectivity index (χ0v) is 12.2. The molecule has 0 spiro atoms. The van der Waals surface area contributed by atoms with Gasteiger partial charge in [0.15, 0.2) is 0 Å². The van der Waals surface area contributed by atoms with E-state index in [1.54, 1.807) is 0 Å². The van der Waals surface area contributed by atoms with Crippen molar-refractivity contribution in [3.63, 3.8) is 0 Å². The van der Waals surface area contributed by atoms with Gasteiger partial charge in [-0.1, -0.05) is 15.9 Å². The molecule has 1 aromatic carbocycles. The smallest absolute Gasteiger partial charge is 0.417 e. The van der Waals surface area contributed by atoms with Gasteiger partial charge in [-0.2, -0.15) is 13.2 Å². The number of carbonyl (C=O) groups excluding carboxylic acids is 1. The number of rotatable bonds is 2. The number of likely N-dealkylation sites (tertiary alicyclic amines) is 1. The van der Waals surface area contributed by atoms with E-state index in [0.717, 1.165) is 17.0 Å². The van der Waals surface area contributed by atoms with E-state index in [2.05, 4.69) is 15.9 Å². The zero-order valence-electron chi connectivity index (χ0n) is 10.7. The number of amides is 1. The second kappa shape index (κ2) is 5.67. The molecule has 1 fully saturated rings. The van der Waals surface area contributed by atoms with E-state index in [1.807, 2.05) is 0 Å². The first-order valence-electron chi connectivity index (χ1n) is 6.12. The molecule has 0 aliphatic carbocycles. The minimum Gasteiger partial charge on any atom is -0.480 e. The molecule has 114 valence electrons. The van der Waals surface area contributed by atoms with Gasteiger partial charge in [0.2, 0.25) is 0 Å². The van der Waals surface area contributed by atoms with E-state index >= 15 is 0 Å². The second-order valence-corrected chi connectivity index (χ2v) is 5.60. The van der Waals surface area contributed by atoms with Gasteiger partial charge in [0.1, 0.15) is 6.04 Å². The van der Waals surface area contributed by atoms with Crippen LogP contribution in [0.4, 0.5) is 13.2 Å². The van der Waals surface area contributed by atoms with Crippen molar-refractivity contribution < 1.29 is 27.9 Å². The summed E-state index contributed by atoms with van der Waals surface area (Å²) in [5.41, 5.74) is -1.60. The Morgan fingerprint density at radius 2 is 2.00 bits per heavy atom. The summed E-state index contributed by atoms with van der Waals surface area (Å²) in [5, 5.41) is 9.03. The molecule has 0 radical (unpaired) electrons. The molecule has 1 N–H and O–H groups in total. The number of hydrogen-bond acceptors (Lipinski definition) is 2. The highest BCUT2D eigenvalue weighted by Gasteiger charge is 2.40. The average Bonchev–Trinajstić information content (AvgIpc) is 2.86. The SMILES string of the molecule is O=C(O)[C@H]1CCCN1C(=O)c1ccc(Br)cc1C(F)(F)F. The van der Waals surface area contributed by atoms with Crippen molar-refractivity contribution in [3.05, 3.63) is 33.8 Å². The first-order valence-corrected chi connectivity index (χ1v) is 6.91. The number of nitrogens with zero attached hydrogens (tertiary/aromatic N) is 1. The van der Waals surface area contributed by atoms with Crippen molar-refractivity contribution in [2.45, 2.75) is 25.1 Å². The van der Waals surface area contributed by atoms with Gasteiger partial charge >= 0.3 is 12.1 Å². The second-order valence-electron chi connectivity index (χ2n) is 4.68. The van der Waals surface area contributed by atoms with Crippen LogP contribution in [0.25, 0.3) is 0 Å². The van der Waals surface area contributed by atoms with Gasteiger partial charge in [0.25, 0.3) is 5.91 Å². The van der Waals surface area contributed by atoms with Crippen LogP contribution in [0.3, 0.4) is 0 Å². The minimum atomic E-state index is -4.69. The largest absolute Gasteiger partial charge is 0.480 e. The van der Waals surface area contributed by atoms with Crippen LogP contribution >= 0.6 is 15.9 Å². The Kier molecular flexibility index (Phi) is 4.27. The molecule has 1 aliphatic heterocycles. The van der Waals surface area contributed by atoms with Crippen molar-refractivity contribution in [1.29, 1.82) is 0 Å². The number of carbonyl (C=O) groups is 2. The van der Waals surface area contributed by atoms with Crippen LogP contribution in [0.5, 0.6) is 0 Å². The maximum absolute atomic E-state index is 13.0. The Morgan fingerprint density at radius 3 is 2.57 bits per heavy atom. The van der Waals surface area contributed by atoms with Crippen LogP contribution in [-0.2, 0) is 11.0 Å². The standard InChI is InChI=1S/C13H11BrF3NO3/c14-7-3-4-8(9(6-7)13(15,16)17)11(19)18-5-1-2-10(18)12(20)21/h3-4,6,10H,1-2,5H2,(H,20,21)/t10-/m1/s1. The molecule has 0 aromatic heterocycles. The molecular formula is C13H11BrF3NO3. The zero-order chi connectivity index (χ0) is 15.8. The molecule has 1 heterocycles. The van der Waals surface area contributed by atoms with Crippen molar-refractivity contribution in [2.24, 2.45) is 0 Å². The van der Waals surface area contributed by atoms with Crippen LogP contribution in [-0.4, -0.2) is 34.5 Å². The Morgan fingerprint density at radius 1 is 1.33 bits per heavy atom. The Bertz CT molecular complexity index is 589. The predicted molar refractivity (Wildman–Crippen MR) is 70.8 cm³/mol. The van der Waals surface area contributed by atoms with Crippen molar-refractivity contribution in [2.75, 3.05) is 6.54 Å². The highest BCUT2D eigenvalue weighted by molar-refractivity contribution is 9.10. The monoisotopic (exact) mass is 365 g/mol. The molecule has 0 unspecified atom stereocenters. The first kappa shape index (κ1) is 15.8. The summed E-state index contributed by atoms with van der Waals surface area (Å²) in [6.07, 6.45) is -3.98. The lowest BCUT2D eigenvalue weighted by Crippen LogP contribution is -2.41. The number of carboxylic acids is 1. The topological polar surface area (TPSA) is 57.6 Å². The summed E-state index contributed by atoms with van der Waals surface area (Å²) < 4.78 is 39.3. The molecular weight excluding hydrogens is 355 g/mol. The summed E-state index contributed by atoms with van der Waals surface area (Å²) in [7, 11) is 0. The van der Waals surface area contributed by atoms with Crippen molar-refractivity contribution in [3.8, 4) is 0 Å². The van der Waals surface area contributed by atoms with E-state index in [9.17, 15) is 22.8 Å². The molecule has 21 heavy (non-hydrogen) atoms. The molecule has 0 bridgehead atoms. The molecule has 0 saturated carbocycles. The number of hydrogen-bond donors (Lipinski definition) is 1. The van der Waals surface area contributed by atoms with E-state index in [0.29, 0.717) is 6.42 Å². The van der Waals surface area contributed by atoms with Gasteiger partial charge in [0.05, 0.1) is 11.1 Å². The van der Waals surface area contributed by atoms with E-state index < -0.39 is 35.2 Å². The number of benzene rings is 1. The summed E-state index contributed by atoms with van der Waals surface area (Å²) in [6.45, 7) is 0.142. The summed E-state index contributed by atoms with van der Waals surface area (Å²) in [5.74, 6) is -2.11. The maximum Gasteiger partial charge on any atom is 0.417 e. The van der Waals surface area contributed by atoms with Gasteiger partial charge < -0.3 is 10.0 Å². The third-order valence-electron chi connectivity index (χ3n) is 3.32.